The van der Waals surface area contributed by atoms with Crippen LogP contribution in [0.1, 0.15) is 51.6 Å². The minimum atomic E-state index is -0.525. The smallest absolute Gasteiger partial charge is 0.412 e. The number of piperidine rings is 1. The van der Waals surface area contributed by atoms with Crippen molar-refractivity contribution in [1.82, 2.24) is 5.32 Å². The van der Waals surface area contributed by atoms with Gasteiger partial charge in [0, 0.05) is 6.04 Å². The van der Waals surface area contributed by atoms with Crippen molar-refractivity contribution in [1.29, 1.82) is 0 Å². The fraction of sp³-hybridized carbons (Fsp3) is 0.562. The van der Waals surface area contributed by atoms with E-state index in [-0.39, 0.29) is 0 Å². The van der Waals surface area contributed by atoms with Gasteiger partial charge in [-0.2, -0.15) is 0 Å². The van der Waals surface area contributed by atoms with Crippen LogP contribution in [0, 0.1) is 0 Å². The third-order valence-corrected chi connectivity index (χ3v) is 3.65. The van der Waals surface area contributed by atoms with E-state index in [1.165, 1.54) is 12.8 Å². The number of amides is 1. The molecule has 1 unspecified atom stereocenters. The molecule has 1 atom stereocenters. The van der Waals surface area contributed by atoms with E-state index in [1.54, 1.807) is 0 Å². The molecule has 4 nitrogen and oxygen atoms in total. The lowest BCUT2D eigenvalue weighted by Gasteiger charge is -2.24. The Bertz CT molecular complexity index is 505. The normalized spacial score (nSPS) is 19.1. The van der Waals surface area contributed by atoms with Crippen molar-refractivity contribution in [2.75, 3.05) is 11.9 Å². The van der Waals surface area contributed by atoms with Crippen molar-refractivity contribution in [2.24, 2.45) is 0 Å². The van der Waals surface area contributed by atoms with E-state index >= 15 is 0 Å². The highest BCUT2D eigenvalue weighted by Crippen LogP contribution is 2.29. The Balaban J connectivity index is 2.03. The summed E-state index contributed by atoms with van der Waals surface area (Å²) in [6.07, 6.45) is 3.08. The van der Waals surface area contributed by atoms with Gasteiger partial charge in [0.1, 0.15) is 5.60 Å². The van der Waals surface area contributed by atoms with Crippen molar-refractivity contribution in [2.45, 2.75) is 51.7 Å². The van der Waals surface area contributed by atoms with Crippen molar-refractivity contribution < 1.29 is 9.53 Å². The summed E-state index contributed by atoms with van der Waals surface area (Å²) in [6.45, 7) is 6.52. The molecule has 0 radical (unpaired) electrons. The summed E-state index contributed by atoms with van der Waals surface area (Å²) in [5, 5.41) is 6.70. The minimum Gasteiger partial charge on any atom is -0.444 e. The van der Waals surface area contributed by atoms with Crippen LogP contribution in [-0.2, 0) is 4.74 Å². The second-order valence-corrected chi connectivity index (χ2v) is 6.78. The van der Waals surface area contributed by atoms with Crippen molar-refractivity contribution >= 4 is 23.4 Å². The van der Waals surface area contributed by atoms with Crippen LogP contribution in [0.3, 0.4) is 0 Å². The average Bonchev–Trinajstić information content (AvgIpc) is 2.40. The average molecular weight is 311 g/mol. The van der Waals surface area contributed by atoms with Crippen LogP contribution in [0.5, 0.6) is 0 Å². The summed E-state index contributed by atoms with van der Waals surface area (Å²) in [5.41, 5.74) is 1.21. The van der Waals surface area contributed by atoms with Crippen LogP contribution in [-0.4, -0.2) is 18.2 Å². The number of hydrogen-bond acceptors (Lipinski definition) is 3. The summed E-state index contributed by atoms with van der Waals surface area (Å²) in [6, 6.07) is 6.10. The summed E-state index contributed by atoms with van der Waals surface area (Å²) < 4.78 is 5.22. The second-order valence-electron chi connectivity index (χ2n) is 6.37. The van der Waals surface area contributed by atoms with Gasteiger partial charge in [-0.15, -0.1) is 0 Å². The molecule has 1 heterocycles. The van der Waals surface area contributed by atoms with Crippen LogP contribution >= 0.6 is 11.6 Å². The van der Waals surface area contributed by atoms with Gasteiger partial charge in [0.15, 0.2) is 0 Å². The van der Waals surface area contributed by atoms with Crippen LogP contribution in [0.2, 0.25) is 5.02 Å². The fourth-order valence-corrected chi connectivity index (χ4v) is 2.64. The summed E-state index contributed by atoms with van der Waals surface area (Å²) >= 11 is 6.27. The quantitative estimate of drug-likeness (QED) is 0.845. The molecule has 0 bridgehead atoms. The zero-order chi connectivity index (χ0) is 15.5. The minimum absolute atomic E-state index is 0.354. The first-order valence-electron chi connectivity index (χ1n) is 7.38. The van der Waals surface area contributed by atoms with Crippen molar-refractivity contribution in [3.05, 3.63) is 28.8 Å². The van der Waals surface area contributed by atoms with E-state index in [4.69, 9.17) is 16.3 Å². The lowest BCUT2D eigenvalue weighted by atomic mass is 9.97. The SMILES string of the molecule is CC(C)(C)OC(=O)Nc1ccc(C2CCCCN2)cc1Cl. The Morgan fingerprint density at radius 2 is 2.14 bits per heavy atom. The molecule has 1 fully saturated rings. The van der Waals surface area contributed by atoms with Crippen LogP contribution < -0.4 is 10.6 Å². The highest BCUT2D eigenvalue weighted by atomic mass is 35.5. The van der Waals surface area contributed by atoms with E-state index in [1.807, 2.05) is 39.0 Å². The number of ether oxygens (including phenoxy) is 1. The van der Waals surface area contributed by atoms with Gasteiger partial charge in [-0.3, -0.25) is 5.32 Å². The molecule has 1 aliphatic rings. The number of anilines is 1. The number of carbonyl (C=O) groups excluding carboxylic acids is 1. The largest absolute Gasteiger partial charge is 0.444 e. The molecule has 1 amide bonds. The summed E-state index contributed by atoms with van der Waals surface area (Å²) in [7, 11) is 0. The molecule has 2 N–H and O–H groups in total. The van der Waals surface area contributed by atoms with Gasteiger partial charge in [-0.1, -0.05) is 24.1 Å². The molecule has 2 rings (SSSR count). The lowest BCUT2D eigenvalue weighted by molar-refractivity contribution is 0.0636. The molecule has 0 spiro atoms. The maximum absolute atomic E-state index is 11.8. The van der Waals surface area contributed by atoms with Gasteiger partial charge in [0.2, 0.25) is 0 Å². The Labute approximate surface area is 131 Å². The van der Waals surface area contributed by atoms with Crippen molar-refractivity contribution in [3.63, 3.8) is 0 Å². The second kappa shape index (κ2) is 6.67. The molecule has 1 aliphatic heterocycles. The number of carbonyl (C=O) groups is 1. The Hall–Kier alpha value is -1.26. The first-order chi connectivity index (χ1) is 9.85. The molecule has 0 saturated carbocycles. The third kappa shape index (κ3) is 4.90. The standard InChI is InChI=1S/C16H23ClN2O2/c1-16(2,3)21-15(20)19-14-8-7-11(10-12(14)17)13-6-4-5-9-18-13/h7-8,10,13,18H,4-6,9H2,1-3H3,(H,19,20). The lowest BCUT2D eigenvalue weighted by Crippen LogP contribution is -2.28. The van der Waals surface area contributed by atoms with E-state index in [0.717, 1.165) is 18.5 Å². The van der Waals surface area contributed by atoms with Gasteiger partial charge >= 0.3 is 6.09 Å². The predicted molar refractivity (Wildman–Crippen MR) is 85.9 cm³/mol. The van der Waals surface area contributed by atoms with Gasteiger partial charge < -0.3 is 10.1 Å². The van der Waals surface area contributed by atoms with Crippen LogP contribution in [0.4, 0.5) is 10.5 Å². The maximum Gasteiger partial charge on any atom is 0.412 e. The molecule has 116 valence electrons. The van der Waals surface area contributed by atoms with Gasteiger partial charge in [-0.25, -0.2) is 4.79 Å². The van der Waals surface area contributed by atoms with E-state index in [9.17, 15) is 4.79 Å². The highest BCUT2D eigenvalue weighted by molar-refractivity contribution is 6.33. The number of benzene rings is 1. The fourth-order valence-electron chi connectivity index (χ4n) is 2.40. The van der Waals surface area contributed by atoms with Crippen molar-refractivity contribution in [3.8, 4) is 0 Å². The first-order valence-corrected chi connectivity index (χ1v) is 7.76. The molecule has 1 aromatic carbocycles. The number of halogens is 1. The van der Waals surface area contributed by atoms with E-state index < -0.39 is 11.7 Å². The third-order valence-electron chi connectivity index (χ3n) is 3.34. The zero-order valence-corrected chi connectivity index (χ0v) is 13.6. The number of rotatable bonds is 2. The molecular weight excluding hydrogens is 288 g/mol. The molecule has 5 heteroatoms. The Morgan fingerprint density at radius 3 is 2.71 bits per heavy atom. The summed E-state index contributed by atoms with van der Waals surface area (Å²) in [5.74, 6) is 0. The summed E-state index contributed by atoms with van der Waals surface area (Å²) in [4.78, 5) is 11.8. The Morgan fingerprint density at radius 1 is 1.38 bits per heavy atom. The molecule has 0 aliphatic carbocycles. The molecule has 1 aromatic rings. The Kier molecular flexibility index (Phi) is 5.12. The molecule has 21 heavy (non-hydrogen) atoms. The van der Waals surface area contributed by atoms with E-state index in [0.29, 0.717) is 16.8 Å². The maximum atomic E-state index is 11.8. The number of hydrogen-bond donors (Lipinski definition) is 2. The zero-order valence-electron chi connectivity index (χ0n) is 12.8. The first kappa shape index (κ1) is 16.1. The topological polar surface area (TPSA) is 50.4 Å². The monoisotopic (exact) mass is 310 g/mol. The molecular formula is C16H23ClN2O2. The van der Waals surface area contributed by atoms with Gasteiger partial charge in [-0.05, 0) is 57.9 Å². The predicted octanol–water partition coefficient (Wildman–Crippen LogP) is 4.50. The van der Waals surface area contributed by atoms with Gasteiger partial charge in [0.05, 0.1) is 10.7 Å². The number of nitrogens with one attached hydrogen (secondary N) is 2. The van der Waals surface area contributed by atoms with Crippen LogP contribution in [0.15, 0.2) is 18.2 Å². The van der Waals surface area contributed by atoms with Gasteiger partial charge in [0.25, 0.3) is 0 Å². The van der Waals surface area contributed by atoms with Crippen LogP contribution in [0.25, 0.3) is 0 Å². The highest BCUT2D eigenvalue weighted by Gasteiger charge is 2.19. The molecule has 1 saturated heterocycles. The van der Waals surface area contributed by atoms with E-state index in [2.05, 4.69) is 10.6 Å². The molecule has 0 aromatic heterocycles.